The maximum atomic E-state index is 10.7. The van der Waals surface area contributed by atoms with Crippen molar-refractivity contribution < 1.29 is 9.84 Å². The molecule has 1 aromatic heterocycles. The number of hydrogen-bond acceptors (Lipinski definition) is 3. The number of nitrogens with zero attached hydrogens (tertiary/aromatic N) is 2. The molecule has 2 aromatic rings. The Hall–Kier alpha value is -2.25. The summed E-state index contributed by atoms with van der Waals surface area (Å²) in [5.41, 5.74) is 0.722. The Morgan fingerprint density at radius 2 is 2.00 bits per heavy atom. The zero-order valence-electron chi connectivity index (χ0n) is 11.4. The van der Waals surface area contributed by atoms with Gasteiger partial charge in [-0.1, -0.05) is 0 Å². The summed E-state index contributed by atoms with van der Waals surface area (Å²) in [6, 6.07) is 11.0. The quantitative estimate of drug-likeness (QED) is 0.864. The van der Waals surface area contributed by atoms with Crippen LogP contribution in [0.5, 0.6) is 5.75 Å². The number of aromatic nitrogens is 1. The van der Waals surface area contributed by atoms with E-state index in [9.17, 15) is 5.11 Å². The molecule has 1 N–H and O–H groups in total. The predicted molar refractivity (Wildman–Crippen MR) is 74.4 cm³/mol. The average molecular weight is 268 g/mol. The van der Waals surface area contributed by atoms with Crippen molar-refractivity contribution in [3.63, 3.8) is 0 Å². The summed E-state index contributed by atoms with van der Waals surface area (Å²) in [6.07, 6.45) is 3.13. The van der Waals surface area contributed by atoms with E-state index in [1.165, 1.54) is 0 Å². The molecule has 2 unspecified atom stereocenters. The molecule has 2 atom stereocenters. The first-order valence-corrected chi connectivity index (χ1v) is 6.56. The molecule has 1 aliphatic heterocycles. The highest BCUT2D eigenvalue weighted by molar-refractivity contribution is 5.46. The summed E-state index contributed by atoms with van der Waals surface area (Å²) < 4.78 is 7.84. The molecule has 20 heavy (non-hydrogen) atoms. The second kappa shape index (κ2) is 4.39. The van der Waals surface area contributed by atoms with Gasteiger partial charge in [-0.15, -0.1) is 0 Å². The van der Waals surface area contributed by atoms with Crippen molar-refractivity contribution in [1.29, 1.82) is 5.26 Å². The van der Waals surface area contributed by atoms with E-state index in [0.717, 1.165) is 11.3 Å². The Labute approximate surface area is 117 Å². The summed E-state index contributed by atoms with van der Waals surface area (Å²) in [5, 5.41) is 19.7. The molecule has 0 amide bonds. The second-order valence-electron chi connectivity index (χ2n) is 5.59. The maximum Gasteiger partial charge on any atom is 0.132 e. The second-order valence-corrected chi connectivity index (χ2v) is 5.59. The summed E-state index contributed by atoms with van der Waals surface area (Å²) in [4.78, 5) is 0. The Morgan fingerprint density at radius 3 is 2.65 bits per heavy atom. The topological polar surface area (TPSA) is 58.2 Å². The van der Waals surface area contributed by atoms with E-state index >= 15 is 0 Å². The van der Waals surface area contributed by atoms with E-state index < -0.39 is 11.7 Å². The van der Waals surface area contributed by atoms with E-state index in [4.69, 9.17) is 10.00 Å². The number of fused-ring (bicyclic) bond motifs is 1. The smallest absolute Gasteiger partial charge is 0.132 e. The molecule has 102 valence electrons. The van der Waals surface area contributed by atoms with Crippen molar-refractivity contribution in [2.24, 2.45) is 0 Å². The van der Waals surface area contributed by atoms with E-state index in [1.807, 2.05) is 42.9 Å². The van der Waals surface area contributed by atoms with Gasteiger partial charge in [0.25, 0.3) is 0 Å². The van der Waals surface area contributed by atoms with Crippen molar-refractivity contribution in [3.8, 4) is 11.8 Å². The number of benzene rings is 1. The van der Waals surface area contributed by atoms with Gasteiger partial charge in [-0.2, -0.15) is 5.26 Å². The zero-order chi connectivity index (χ0) is 14.3. The first kappa shape index (κ1) is 12.8. The minimum atomic E-state index is -0.698. The van der Waals surface area contributed by atoms with Gasteiger partial charge < -0.3 is 14.4 Å². The molecule has 0 saturated heterocycles. The van der Waals surface area contributed by atoms with Crippen molar-refractivity contribution >= 4 is 0 Å². The van der Waals surface area contributed by atoms with Gasteiger partial charge in [0, 0.05) is 18.0 Å². The van der Waals surface area contributed by atoms with Crippen LogP contribution in [0.3, 0.4) is 0 Å². The summed E-state index contributed by atoms with van der Waals surface area (Å²) in [6.45, 7) is 3.74. The number of ether oxygens (including phenoxy) is 1. The molecular weight excluding hydrogens is 252 g/mol. The van der Waals surface area contributed by atoms with Gasteiger partial charge in [0.1, 0.15) is 17.5 Å². The predicted octanol–water partition coefficient (Wildman–Crippen LogP) is 2.48. The number of nitriles is 1. The Bertz CT molecular complexity index is 668. The fraction of sp³-hybridized carbons (Fsp3) is 0.312. The number of aliphatic hydroxyl groups excluding tert-OH is 1. The van der Waals surface area contributed by atoms with Crippen molar-refractivity contribution in [2.75, 3.05) is 0 Å². The van der Waals surface area contributed by atoms with Crippen LogP contribution in [0.25, 0.3) is 0 Å². The lowest BCUT2D eigenvalue weighted by molar-refractivity contribution is -0.0636. The standard InChI is InChI=1S/C16H16N2O2/c1-16(2)15(19)14(18-7-3-4-8-18)12-9-11(10-17)5-6-13(12)20-16/h3-9,14-15,19H,1-2H3. The largest absolute Gasteiger partial charge is 0.485 e. The molecule has 1 aromatic carbocycles. The minimum absolute atomic E-state index is 0.253. The van der Waals surface area contributed by atoms with Gasteiger partial charge in [0.05, 0.1) is 17.7 Å². The van der Waals surface area contributed by atoms with E-state index in [1.54, 1.807) is 18.2 Å². The van der Waals surface area contributed by atoms with E-state index in [-0.39, 0.29) is 6.04 Å². The van der Waals surface area contributed by atoms with Crippen LogP contribution in [0.2, 0.25) is 0 Å². The first-order valence-electron chi connectivity index (χ1n) is 6.56. The van der Waals surface area contributed by atoms with Crippen LogP contribution < -0.4 is 4.74 Å². The monoisotopic (exact) mass is 268 g/mol. The summed E-state index contributed by atoms with van der Waals surface area (Å²) in [5.74, 6) is 0.720. The molecule has 3 rings (SSSR count). The molecule has 1 aliphatic rings. The van der Waals surface area contributed by atoms with Crippen LogP contribution in [-0.4, -0.2) is 21.4 Å². The molecule has 0 aliphatic carbocycles. The third-order valence-corrected chi connectivity index (χ3v) is 3.79. The highest BCUT2D eigenvalue weighted by atomic mass is 16.5. The third kappa shape index (κ3) is 1.87. The number of rotatable bonds is 1. The highest BCUT2D eigenvalue weighted by Gasteiger charge is 2.43. The first-order chi connectivity index (χ1) is 9.53. The van der Waals surface area contributed by atoms with Crippen LogP contribution in [0.4, 0.5) is 0 Å². The van der Waals surface area contributed by atoms with Crippen molar-refractivity contribution in [2.45, 2.75) is 31.6 Å². The fourth-order valence-electron chi connectivity index (χ4n) is 2.69. The molecule has 0 spiro atoms. The fourth-order valence-corrected chi connectivity index (χ4v) is 2.69. The highest BCUT2D eigenvalue weighted by Crippen LogP contribution is 2.42. The molecule has 0 fully saturated rings. The van der Waals surface area contributed by atoms with Crippen LogP contribution in [0.15, 0.2) is 42.7 Å². The van der Waals surface area contributed by atoms with Crippen molar-refractivity contribution in [3.05, 3.63) is 53.9 Å². The van der Waals surface area contributed by atoms with Gasteiger partial charge in [0.2, 0.25) is 0 Å². The Balaban J connectivity index is 2.20. The summed E-state index contributed by atoms with van der Waals surface area (Å²) in [7, 11) is 0. The number of hydrogen-bond donors (Lipinski definition) is 1. The maximum absolute atomic E-state index is 10.7. The molecule has 4 heteroatoms. The lowest BCUT2D eigenvalue weighted by atomic mass is 9.86. The summed E-state index contributed by atoms with van der Waals surface area (Å²) >= 11 is 0. The number of aliphatic hydroxyl groups is 1. The lowest BCUT2D eigenvalue weighted by Crippen LogP contribution is -2.50. The minimum Gasteiger partial charge on any atom is -0.485 e. The molecule has 2 heterocycles. The van der Waals surface area contributed by atoms with Crippen LogP contribution >= 0.6 is 0 Å². The molecule has 0 bridgehead atoms. The molecule has 4 nitrogen and oxygen atoms in total. The normalized spacial score (nSPS) is 23.5. The molecule has 0 saturated carbocycles. The van der Waals surface area contributed by atoms with Gasteiger partial charge in [0.15, 0.2) is 0 Å². The van der Waals surface area contributed by atoms with Gasteiger partial charge in [-0.05, 0) is 44.2 Å². The van der Waals surface area contributed by atoms with Crippen LogP contribution in [-0.2, 0) is 0 Å². The van der Waals surface area contributed by atoms with Gasteiger partial charge in [-0.25, -0.2) is 0 Å². The van der Waals surface area contributed by atoms with Crippen molar-refractivity contribution in [1.82, 2.24) is 4.57 Å². The average Bonchev–Trinajstić information content (AvgIpc) is 2.93. The SMILES string of the molecule is CC1(C)Oc2ccc(C#N)cc2C(n2cccc2)C1O. The van der Waals surface area contributed by atoms with E-state index in [2.05, 4.69) is 6.07 Å². The molecular formula is C16H16N2O2. The Morgan fingerprint density at radius 1 is 1.30 bits per heavy atom. The van der Waals surface area contributed by atoms with Crippen LogP contribution in [0.1, 0.15) is 31.0 Å². The van der Waals surface area contributed by atoms with E-state index in [0.29, 0.717) is 5.56 Å². The van der Waals surface area contributed by atoms with Gasteiger partial charge in [-0.3, -0.25) is 0 Å². The third-order valence-electron chi connectivity index (χ3n) is 3.79. The zero-order valence-corrected chi connectivity index (χ0v) is 11.4. The molecule has 0 radical (unpaired) electrons. The Kier molecular flexibility index (Phi) is 2.81. The lowest BCUT2D eigenvalue weighted by Gasteiger charge is -2.42. The van der Waals surface area contributed by atoms with Gasteiger partial charge >= 0.3 is 0 Å². The van der Waals surface area contributed by atoms with Crippen LogP contribution in [0, 0.1) is 11.3 Å².